The zero-order chi connectivity index (χ0) is 12.1. The molecule has 4 nitrogen and oxygen atoms in total. The Morgan fingerprint density at radius 1 is 1.41 bits per heavy atom. The van der Waals surface area contributed by atoms with Gasteiger partial charge in [0.25, 0.3) is 0 Å². The molecular weight excluding hydrogens is 216 g/mol. The van der Waals surface area contributed by atoms with Gasteiger partial charge in [-0.2, -0.15) is 0 Å². The topological polar surface area (TPSA) is 43.4 Å². The monoisotopic (exact) mass is 236 g/mol. The molecule has 1 aliphatic carbocycles. The molecule has 0 amide bonds. The Morgan fingerprint density at radius 3 is 2.88 bits per heavy atom. The van der Waals surface area contributed by atoms with Crippen LogP contribution >= 0.6 is 0 Å². The van der Waals surface area contributed by atoms with E-state index in [0.717, 1.165) is 31.1 Å². The first-order chi connectivity index (χ1) is 8.29. The summed E-state index contributed by atoms with van der Waals surface area (Å²) in [5.41, 5.74) is 0.415. The summed E-state index contributed by atoms with van der Waals surface area (Å²) in [6.45, 7) is 1.78. The Kier molecular flexibility index (Phi) is 3.84. The number of nitrogens with one attached hydrogen (secondary N) is 1. The zero-order valence-corrected chi connectivity index (χ0v) is 10.5. The molecule has 0 bridgehead atoms. The standard InChI is InChI=1S/C13H20N2O2/c1-16-9-7-13(5-6-13)10-15-12-11(17-2)4-3-8-14-12/h3-4,8H,5-7,9-10H2,1-2H3,(H,14,15). The average molecular weight is 236 g/mol. The van der Waals surface area contributed by atoms with Crippen molar-refractivity contribution in [2.75, 3.05) is 32.7 Å². The summed E-state index contributed by atoms with van der Waals surface area (Å²) < 4.78 is 10.4. The van der Waals surface area contributed by atoms with Crippen molar-refractivity contribution >= 4 is 5.82 Å². The van der Waals surface area contributed by atoms with Crippen LogP contribution in [0.4, 0.5) is 5.82 Å². The molecule has 1 heterocycles. The number of pyridine rings is 1. The Hall–Kier alpha value is -1.29. The maximum Gasteiger partial charge on any atom is 0.168 e. The predicted molar refractivity (Wildman–Crippen MR) is 67.4 cm³/mol. The highest BCUT2D eigenvalue weighted by molar-refractivity contribution is 5.49. The van der Waals surface area contributed by atoms with Gasteiger partial charge < -0.3 is 14.8 Å². The Bertz CT molecular complexity index is 364. The lowest BCUT2D eigenvalue weighted by atomic mass is 10.0. The summed E-state index contributed by atoms with van der Waals surface area (Å²) in [7, 11) is 3.42. The van der Waals surface area contributed by atoms with E-state index in [0.29, 0.717) is 5.41 Å². The molecule has 0 radical (unpaired) electrons. The van der Waals surface area contributed by atoms with Gasteiger partial charge in [0.1, 0.15) is 0 Å². The van der Waals surface area contributed by atoms with Gasteiger partial charge in [0.05, 0.1) is 7.11 Å². The van der Waals surface area contributed by atoms with E-state index < -0.39 is 0 Å². The van der Waals surface area contributed by atoms with Crippen LogP contribution in [-0.2, 0) is 4.74 Å². The largest absolute Gasteiger partial charge is 0.493 e. The van der Waals surface area contributed by atoms with Gasteiger partial charge in [0.15, 0.2) is 11.6 Å². The van der Waals surface area contributed by atoms with E-state index in [1.165, 1.54) is 12.8 Å². The van der Waals surface area contributed by atoms with Crippen LogP contribution in [0.2, 0.25) is 0 Å². The Labute approximate surface area is 102 Å². The quantitative estimate of drug-likeness (QED) is 0.789. The van der Waals surface area contributed by atoms with Crippen molar-refractivity contribution in [2.24, 2.45) is 5.41 Å². The fourth-order valence-corrected chi connectivity index (χ4v) is 1.97. The molecule has 0 aliphatic heterocycles. The van der Waals surface area contributed by atoms with Crippen molar-refractivity contribution in [1.82, 2.24) is 4.98 Å². The molecule has 1 aromatic heterocycles. The smallest absolute Gasteiger partial charge is 0.168 e. The van der Waals surface area contributed by atoms with Crippen LogP contribution in [0.25, 0.3) is 0 Å². The van der Waals surface area contributed by atoms with E-state index in [4.69, 9.17) is 9.47 Å². The van der Waals surface area contributed by atoms with Crippen LogP contribution < -0.4 is 10.1 Å². The van der Waals surface area contributed by atoms with Gasteiger partial charge in [-0.15, -0.1) is 0 Å². The lowest BCUT2D eigenvalue weighted by Gasteiger charge is -2.17. The van der Waals surface area contributed by atoms with Crippen molar-refractivity contribution in [2.45, 2.75) is 19.3 Å². The van der Waals surface area contributed by atoms with Crippen LogP contribution in [0.3, 0.4) is 0 Å². The summed E-state index contributed by atoms with van der Waals surface area (Å²) >= 11 is 0. The molecule has 1 saturated carbocycles. The fourth-order valence-electron chi connectivity index (χ4n) is 1.97. The first-order valence-electron chi connectivity index (χ1n) is 6.01. The summed E-state index contributed by atoms with van der Waals surface area (Å²) in [6, 6.07) is 3.80. The van der Waals surface area contributed by atoms with E-state index in [-0.39, 0.29) is 0 Å². The van der Waals surface area contributed by atoms with Crippen molar-refractivity contribution in [3.8, 4) is 5.75 Å². The molecule has 17 heavy (non-hydrogen) atoms. The number of aromatic nitrogens is 1. The Balaban J connectivity index is 1.89. The number of hydrogen-bond acceptors (Lipinski definition) is 4. The molecule has 0 unspecified atom stereocenters. The normalized spacial score (nSPS) is 16.6. The third-order valence-corrected chi connectivity index (χ3v) is 3.42. The lowest BCUT2D eigenvalue weighted by molar-refractivity contribution is 0.175. The molecule has 0 saturated heterocycles. The van der Waals surface area contributed by atoms with Crippen molar-refractivity contribution in [3.05, 3.63) is 18.3 Å². The van der Waals surface area contributed by atoms with Crippen molar-refractivity contribution in [3.63, 3.8) is 0 Å². The van der Waals surface area contributed by atoms with Gasteiger partial charge >= 0.3 is 0 Å². The average Bonchev–Trinajstić information content (AvgIpc) is 3.15. The molecule has 0 spiro atoms. The van der Waals surface area contributed by atoms with Crippen LogP contribution in [0.15, 0.2) is 18.3 Å². The maximum absolute atomic E-state index is 5.26. The number of ether oxygens (including phenoxy) is 2. The second-order valence-corrected chi connectivity index (χ2v) is 4.65. The van der Waals surface area contributed by atoms with E-state index in [2.05, 4.69) is 10.3 Å². The molecule has 1 fully saturated rings. The highest BCUT2D eigenvalue weighted by Gasteiger charge is 2.41. The number of anilines is 1. The highest BCUT2D eigenvalue weighted by atomic mass is 16.5. The summed E-state index contributed by atoms with van der Waals surface area (Å²) in [4.78, 5) is 4.29. The maximum atomic E-state index is 5.26. The van der Waals surface area contributed by atoms with Gasteiger partial charge in [0.2, 0.25) is 0 Å². The second-order valence-electron chi connectivity index (χ2n) is 4.65. The van der Waals surface area contributed by atoms with E-state index in [1.807, 2.05) is 12.1 Å². The number of nitrogens with zero attached hydrogens (tertiary/aromatic N) is 1. The zero-order valence-electron chi connectivity index (χ0n) is 10.5. The van der Waals surface area contributed by atoms with Crippen LogP contribution in [0, 0.1) is 5.41 Å². The van der Waals surface area contributed by atoms with Crippen molar-refractivity contribution in [1.29, 1.82) is 0 Å². The SMILES string of the molecule is COCCC1(CNc2ncccc2OC)CC1. The van der Waals surface area contributed by atoms with Gasteiger partial charge in [-0.05, 0) is 36.8 Å². The minimum atomic E-state index is 0.415. The van der Waals surface area contributed by atoms with Gasteiger partial charge in [0, 0.05) is 26.5 Å². The number of rotatable bonds is 7. The van der Waals surface area contributed by atoms with Crippen LogP contribution in [0.1, 0.15) is 19.3 Å². The molecule has 2 rings (SSSR count). The van der Waals surface area contributed by atoms with Crippen molar-refractivity contribution < 1.29 is 9.47 Å². The first-order valence-corrected chi connectivity index (χ1v) is 6.01. The van der Waals surface area contributed by atoms with Gasteiger partial charge in [-0.1, -0.05) is 0 Å². The van der Waals surface area contributed by atoms with E-state index in [1.54, 1.807) is 20.4 Å². The number of methoxy groups -OCH3 is 2. The molecule has 1 aliphatic rings. The van der Waals surface area contributed by atoms with E-state index >= 15 is 0 Å². The predicted octanol–water partition coefficient (Wildman–Crippen LogP) is 2.32. The minimum Gasteiger partial charge on any atom is -0.493 e. The minimum absolute atomic E-state index is 0.415. The van der Waals surface area contributed by atoms with Crippen LogP contribution in [-0.4, -0.2) is 32.4 Å². The third-order valence-electron chi connectivity index (χ3n) is 3.42. The highest BCUT2D eigenvalue weighted by Crippen LogP contribution is 2.48. The van der Waals surface area contributed by atoms with E-state index in [9.17, 15) is 0 Å². The van der Waals surface area contributed by atoms with Gasteiger partial charge in [-0.3, -0.25) is 0 Å². The second kappa shape index (κ2) is 5.36. The first kappa shape index (κ1) is 12.2. The molecular formula is C13H20N2O2. The van der Waals surface area contributed by atoms with Crippen LogP contribution in [0.5, 0.6) is 5.75 Å². The lowest BCUT2D eigenvalue weighted by Crippen LogP contribution is -2.18. The summed E-state index contributed by atoms with van der Waals surface area (Å²) in [6.07, 6.45) is 5.45. The molecule has 94 valence electrons. The third kappa shape index (κ3) is 3.09. The molecule has 1 aromatic rings. The molecule has 1 N–H and O–H groups in total. The fraction of sp³-hybridized carbons (Fsp3) is 0.615. The summed E-state index contributed by atoms with van der Waals surface area (Å²) in [5, 5.41) is 3.38. The number of hydrogen-bond donors (Lipinski definition) is 1. The molecule has 4 heteroatoms. The van der Waals surface area contributed by atoms with Gasteiger partial charge in [-0.25, -0.2) is 4.98 Å². The molecule has 0 aromatic carbocycles. The molecule has 0 atom stereocenters. The summed E-state index contributed by atoms with van der Waals surface area (Å²) in [5.74, 6) is 1.63. The Morgan fingerprint density at radius 2 is 2.24 bits per heavy atom.